The molecule has 5 N–H and O–H groups in total. The summed E-state index contributed by atoms with van der Waals surface area (Å²) in [5, 5.41) is 6.16. The Hall–Kier alpha value is -4.70. The third kappa shape index (κ3) is 5.68. The average molecular weight is 488 g/mol. The highest BCUT2D eigenvalue weighted by molar-refractivity contribution is 6.08. The summed E-state index contributed by atoms with van der Waals surface area (Å²) >= 11 is 0. The molecule has 2 aromatic carbocycles. The number of anilines is 1. The lowest BCUT2D eigenvalue weighted by molar-refractivity contribution is -0.141. The smallest absolute Gasteiger partial charge is 0.325 e. The first-order valence-electron chi connectivity index (χ1n) is 11.1. The first-order valence-corrected chi connectivity index (χ1v) is 11.1. The van der Waals surface area contributed by atoms with E-state index < -0.39 is 11.9 Å². The molecule has 36 heavy (non-hydrogen) atoms. The van der Waals surface area contributed by atoms with E-state index in [0.717, 1.165) is 22.1 Å². The molecule has 0 saturated heterocycles. The lowest BCUT2D eigenvalue weighted by Crippen LogP contribution is -2.33. The van der Waals surface area contributed by atoms with Gasteiger partial charge in [-0.3, -0.25) is 14.4 Å². The normalized spacial score (nSPS) is 10.6. The fraction of sp³-hybridized carbons (Fsp3) is 0.154. The summed E-state index contributed by atoms with van der Waals surface area (Å²) in [4.78, 5) is 43.4. The first-order chi connectivity index (χ1) is 17.5. The Kier molecular flexibility index (Phi) is 7.57. The number of hydrogen-bond donors (Lipinski definition) is 4. The molecule has 0 atom stereocenters. The predicted molar refractivity (Wildman–Crippen MR) is 134 cm³/mol. The topological polar surface area (TPSA) is 148 Å². The Morgan fingerprint density at radius 3 is 2.75 bits per heavy atom. The molecule has 0 aliphatic carbocycles. The number of nitrogens with two attached hydrogens (primary N) is 1. The van der Waals surface area contributed by atoms with Crippen molar-refractivity contribution in [2.75, 3.05) is 25.6 Å². The number of pyridine rings is 1. The van der Waals surface area contributed by atoms with E-state index >= 15 is 0 Å². The van der Waals surface area contributed by atoms with E-state index in [-0.39, 0.29) is 25.6 Å². The molecular formula is C26H25N5O5. The van der Waals surface area contributed by atoms with Gasteiger partial charge in [0.05, 0.1) is 12.8 Å². The maximum absolute atomic E-state index is 13.1. The number of fused-ring (bicyclic) bond motifs is 1. The summed E-state index contributed by atoms with van der Waals surface area (Å²) < 4.78 is 10.1. The van der Waals surface area contributed by atoms with Gasteiger partial charge in [-0.2, -0.15) is 0 Å². The van der Waals surface area contributed by atoms with Gasteiger partial charge in [0.2, 0.25) is 0 Å². The van der Waals surface area contributed by atoms with Gasteiger partial charge in [-0.15, -0.1) is 0 Å². The zero-order valence-electron chi connectivity index (χ0n) is 19.5. The van der Waals surface area contributed by atoms with E-state index in [4.69, 9.17) is 10.5 Å². The van der Waals surface area contributed by atoms with Crippen molar-refractivity contribution in [2.24, 2.45) is 5.73 Å². The molecule has 0 aliphatic heterocycles. The summed E-state index contributed by atoms with van der Waals surface area (Å²) in [6.07, 6.45) is 3.39. The monoisotopic (exact) mass is 487 g/mol. The molecule has 0 unspecified atom stereocenters. The van der Waals surface area contributed by atoms with E-state index in [0.29, 0.717) is 22.6 Å². The van der Waals surface area contributed by atoms with E-state index in [1.165, 1.54) is 7.11 Å². The standard InChI is InChI=1S/C26H25N5O5/c1-35-24(33)14-30-23(32)15-36-19-4-2-3-16(11-19)21-12-17(5-6-18(21)13-27)26(34)31-22-8-10-29-25-20(22)7-9-28-25/h2-12H,13-15,27H2,1H3,(H,30,32)(H2,28,29,31,34). The summed E-state index contributed by atoms with van der Waals surface area (Å²) in [7, 11) is 1.24. The predicted octanol–water partition coefficient (Wildman–Crippen LogP) is 2.61. The number of aromatic nitrogens is 2. The van der Waals surface area contributed by atoms with Gasteiger partial charge in [-0.05, 0) is 53.1 Å². The number of H-pyrrole nitrogens is 1. The van der Waals surface area contributed by atoms with Crippen LogP contribution < -0.4 is 21.1 Å². The molecule has 0 bridgehead atoms. The summed E-state index contributed by atoms with van der Waals surface area (Å²) in [5.41, 5.74) is 10.1. The number of ether oxygens (including phenoxy) is 2. The minimum absolute atomic E-state index is 0.234. The Labute approximate surface area is 206 Å². The number of nitrogens with one attached hydrogen (secondary N) is 3. The zero-order valence-corrected chi connectivity index (χ0v) is 19.5. The van der Waals surface area contributed by atoms with E-state index in [9.17, 15) is 14.4 Å². The fourth-order valence-corrected chi connectivity index (χ4v) is 3.63. The highest BCUT2D eigenvalue weighted by atomic mass is 16.5. The second kappa shape index (κ2) is 11.2. The Bertz CT molecular complexity index is 1410. The minimum atomic E-state index is -0.551. The molecule has 0 fully saturated rings. The lowest BCUT2D eigenvalue weighted by Gasteiger charge is -2.13. The van der Waals surface area contributed by atoms with Gasteiger partial charge in [0, 0.05) is 29.9 Å². The Morgan fingerprint density at radius 1 is 1.08 bits per heavy atom. The van der Waals surface area contributed by atoms with Gasteiger partial charge in [0.15, 0.2) is 6.61 Å². The van der Waals surface area contributed by atoms with Crippen LogP contribution in [0.5, 0.6) is 5.75 Å². The third-order valence-corrected chi connectivity index (χ3v) is 5.47. The SMILES string of the molecule is COC(=O)CNC(=O)COc1cccc(-c2cc(C(=O)Nc3ccnc4[nH]ccc34)ccc2CN)c1. The average Bonchev–Trinajstić information content (AvgIpc) is 3.40. The number of benzene rings is 2. The van der Waals surface area contributed by atoms with Crippen LogP contribution in [0.2, 0.25) is 0 Å². The molecule has 10 heteroatoms. The summed E-state index contributed by atoms with van der Waals surface area (Å²) in [6, 6.07) is 16.0. The minimum Gasteiger partial charge on any atom is -0.484 e. The van der Waals surface area contributed by atoms with Crippen LogP contribution in [0.3, 0.4) is 0 Å². The van der Waals surface area contributed by atoms with E-state index in [1.54, 1.807) is 48.8 Å². The molecule has 2 heterocycles. The fourth-order valence-electron chi connectivity index (χ4n) is 3.63. The van der Waals surface area contributed by atoms with Gasteiger partial charge >= 0.3 is 5.97 Å². The second-order valence-electron chi connectivity index (χ2n) is 7.80. The Morgan fingerprint density at radius 2 is 1.94 bits per heavy atom. The maximum Gasteiger partial charge on any atom is 0.325 e. The number of hydrogen-bond acceptors (Lipinski definition) is 7. The van der Waals surface area contributed by atoms with Crippen molar-refractivity contribution < 1.29 is 23.9 Å². The van der Waals surface area contributed by atoms with Crippen LogP contribution >= 0.6 is 0 Å². The van der Waals surface area contributed by atoms with Gasteiger partial charge < -0.3 is 30.8 Å². The summed E-state index contributed by atoms with van der Waals surface area (Å²) in [6.45, 7) is -0.235. The molecule has 4 aromatic rings. The highest BCUT2D eigenvalue weighted by Gasteiger charge is 2.14. The van der Waals surface area contributed by atoms with Crippen LogP contribution in [0.1, 0.15) is 15.9 Å². The molecule has 4 rings (SSSR count). The number of carbonyl (C=O) groups is 3. The molecule has 2 amide bonds. The number of carbonyl (C=O) groups excluding carboxylic acids is 3. The van der Waals surface area contributed by atoms with E-state index in [2.05, 4.69) is 25.3 Å². The van der Waals surface area contributed by atoms with Crippen molar-refractivity contribution in [1.29, 1.82) is 0 Å². The summed E-state index contributed by atoms with van der Waals surface area (Å²) in [5.74, 6) is -0.835. The quantitative estimate of drug-likeness (QED) is 0.265. The molecule has 0 spiro atoms. The van der Waals surface area contributed by atoms with Crippen molar-refractivity contribution in [3.63, 3.8) is 0 Å². The number of esters is 1. The molecular weight excluding hydrogens is 462 g/mol. The van der Waals surface area contributed by atoms with Crippen LogP contribution in [0.25, 0.3) is 22.2 Å². The number of methoxy groups -OCH3 is 1. The van der Waals surface area contributed by atoms with Crippen molar-refractivity contribution in [3.05, 3.63) is 78.1 Å². The van der Waals surface area contributed by atoms with Crippen molar-refractivity contribution in [3.8, 4) is 16.9 Å². The van der Waals surface area contributed by atoms with Crippen LogP contribution in [0, 0.1) is 0 Å². The molecule has 0 radical (unpaired) electrons. The van der Waals surface area contributed by atoms with Gasteiger partial charge in [-0.1, -0.05) is 18.2 Å². The number of amides is 2. The van der Waals surface area contributed by atoms with Crippen molar-refractivity contribution in [2.45, 2.75) is 6.54 Å². The number of nitrogens with zero attached hydrogens (tertiary/aromatic N) is 1. The molecule has 184 valence electrons. The zero-order chi connectivity index (χ0) is 25.5. The second-order valence-corrected chi connectivity index (χ2v) is 7.80. The molecule has 0 saturated carbocycles. The maximum atomic E-state index is 13.1. The van der Waals surface area contributed by atoms with Gasteiger partial charge in [-0.25, -0.2) is 4.98 Å². The first kappa shape index (κ1) is 24.4. The highest BCUT2D eigenvalue weighted by Crippen LogP contribution is 2.29. The van der Waals surface area contributed by atoms with Crippen LogP contribution in [-0.4, -0.2) is 48.0 Å². The largest absolute Gasteiger partial charge is 0.484 e. The number of aromatic amines is 1. The van der Waals surface area contributed by atoms with Gasteiger partial charge in [0.25, 0.3) is 11.8 Å². The van der Waals surface area contributed by atoms with Crippen LogP contribution in [-0.2, 0) is 20.9 Å². The number of rotatable bonds is 9. The van der Waals surface area contributed by atoms with E-state index in [1.807, 2.05) is 18.2 Å². The van der Waals surface area contributed by atoms with Crippen LogP contribution in [0.15, 0.2) is 67.0 Å². The van der Waals surface area contributed by atoms with Gasteiger partial charge in [0.1, 0.15) is 17.9 Å². The lowest BCUT2D eigenvalue weighted by atomic mass is 9.96. The molecule has 10 nitrogen and oxygen atoms in total. The van der Waals surface area contributed by atoms with Crippen molar-refractivity contribution >= 4 is 34.5 Å². The van der Waals surface area contributed by atoms with Crippen molar-refractivity contribution in [1.82, 2.24) is 15.3 Å². The Balaban J connectivity index is 1.52. The molecule has 2 aromatic heterocycles. The third-order valence-electron chi connectivity index (χ3n) is 5.47. The molecule has 0 aliphatic rings. The van der Waals surface area contributed by atoms with Crippen LogP contribution in [0.4, 0.5) is 5.69 Å².